The Morgan fingerprint density at radius 3 is 2.44 bits per heavy atom. The van der Waals surface area contributed by atoms with E-state index in [0.717, 1.165) is 5.92 Å². The maximum absolute atomic E-state index is 3.07. The van der Waals surface area contributed by atoms with Gasteiger partial charge in [-0.05, 0) is 0 Å². The number of rotatable bonds is 5. The SMILES string of the molecule is CCCCCC(C)C[Se]. The van der Waals surface area contributed by atoms with Crippen LogP contribution in [0.2, 0.25) is 5.32 Å². The van der Waals surface area contributed by atoms with Crippen molar-refractivity contribution >= 4 is 16.0 Å². The summed E-state index contributed by atoms with van der Waals surface area (Å²) in [4.78, 5) is 0. The molecule has 1 heteroatoms. The molecule has 0 saturated carbocycles. The monoisotopic (exact) mass is 193 g/mol. The molecule has 0 aromatic carbocycles. The zero-order valence-corrected chi connectivity index (χ0v) is 8.23. The third-order valence-corrected chi connectivity index (χ3v) is 2.78. The second kappa shape index (κ2) is 6.64. The summed E-state index contributed by atoms with van der Waals surface area (Å²) in [5, 5.41) is 1.23. The standard InChI is InChI=1S/C8H17Se/c1-3-4-5-6-8(2)7-9/h8H,3-7H2,1-2H3. The van der Waals surface area contributed by atoms with E-state index in [9.17, 15) is 0 Å². The molecule has 0 N–H and O–H groups in total. The van der Waals surface area contributed by atoms with Crippen molar-refractivity contribution < 1.29 is 0 Å². The summed E-state index contributed by atoms with van der Waals surface area (Å²) in [7, 11) is 0. The molecular weight excluding hydrogens is 175 g/mol. The van der Waals surface area contributed by atoms with E-state index in [1.165, 1.54) is 31.0 Å². The first-order chi connectivity index (χ1) is 4.31. The molecule has 0 saturated heterocycles. The fourth-order valence-electron chi connectivity index (χ4n) is 0.826. The second-order valence-corrected chi connectivity index (χ2v) is 3.47. The molecule has 1 unspecified atom stereocenters. The van der Waals surface area contributed by atoms with Crippen molar-refractivity contribution in [2.24, 2.45) is 5.92 Å². The molecule has 9 heavy (non-hydrogen) atoms. The molecule has 1 radical (unpaired) electrons. The predicted molar refractivity (Wildman–Crippen MR) is 43.9 cm³/mol. The Morgan fingerprint density at radius 2 is 2.00 bits per heavy atom. The van der Waals surface area contributed by atoms with Gasteiger partial charge in [-0.25, -0.2) is 0 Å². The van der Waals surface area contributed by atoms with Crippen molar-refractivity contribution in [3.05, 3.63) is 0 Å². The van der Waals surface area contributed by atoms with E-state index in [0.29, 0.717) is 0 Å². The first kappa shape index (κ1) is 9.52. The van der Waals surface area contributed by atoms with Crippen molar-refractivity contribution in [3.63, 3.8) is 0 Å². The minimum atomic E-state index is 0.900. The average Bonchev–Trinajstić information content (AvgIpc) is 1.89. The van der Waals surface area contributed by atoms with Gasteiger partial charge in [-0.1, -0.05) is 0 Å². The van der Waals surface area contributed by atoms with Gasteiger partial charge in [0.1, 0.15) is 0 Å². The molecule has 0 amide bonds. The Hall–Kier alpha value is 0.519. The molecule has 0 aliphatic heterocycles. The van der Waals surface area contributed by atoms with Crippen LogP contribution in [0.4, 0.5) is 0 Å². The van der Waals surface area contributed by atoms with Gasteiger partial charge in [0, 0.05) is 0 Å². The fourth-order valence-corrected chi connectivity index (χ4v) is 1.18. The first-order valence-corrected chi connectivity index (χ1v) is 5.10. The molecule has 0 nitrogen and oxygen atoms in total. The van der Waals surface area contributed by atoms with Crippen LogP contribution in [-0.2, 0) is 0 Å². The molecule has 0 aliphatic rings. The van der Waals surface area contributed by atoms with Gasteiger partial charge in [0.25, 0.3) is 0 Å². The van der Waals surface area contributed by atoms with Crippen molar-refractivity contribution in [3.8, 4) is 0 Å². The Bertz CT molecular complexity index is 52.5. The third kappa shape index (κ3) is 6.40. The van der Waals surface area contributed by atoms with E-state index < -0.39 is 0 Å². The van der Waals surface area contributed by atoms with E-state index in [1.807, 2.05) is 0 Å². The van der Waals surface area contributed by atoms with E-state index >= 15 is 0 Å². The van der Waals surface area contributed by atoms with Crippen molar-refractivity contribution in [2.75, 3.05) is 0 Å². The molecule has 0 aliphatic carbocycles. The van der Waals surface area contributed by atoms with E-state index in [2.05, 4.69) is 29.9 Å². The van der Waals surface area contributed by atoms with Gasteiger partial charge in [-0.2, -0.15) is 0 Å². The molecule has 55 valence electrons. The number of hydrogen-bond acceptors (Lipinski definition) is 0. The predicted octanol–water partition coefficient (Wildman–Crippen LogP) is 2.79. The Morgan fingerprint density at radius 1 is 1.33 bits per heavy atom. The molecular formula is C8H17Se. The summed E-state index contributed by atoms with van der Waals surface area (Å²) in [6, 6.07) is 0. The topological polar surface area (TPSA) is 0 Å². The number of unbranched alkanes of at least 4 members (excludes halogenated alkanes) is 2. The summed E-state index contributed by atoms with van der Waals surface area (Å²) in [5.74, 6) is 0.900. The van der Waals surface area contributed by atoms with Crippen LogP contribution < -0.4 is 0 Å². The third-order valence-electron chi connectivity index (χ3n) is 1.58. The van der Waals surface area contributed by atoms with Crippen LogP contribution in [0.5, 0.6) is 0 Å². The van der Waals surface area contributed by atoms with Crippen LogP contribution >= 0.6 is 0 Å². The Labute approximate surface area is 67.2 Å². The summed E-state index contributed by atoms with van der Waals surface area (Å²) >= 11 is 3.07. The van der Waals surface area contributed by atoms with Crippen LogP contribution in [0.1, 0.15) is 39.5 Å². The normalized spacial score (nSPS) is 13.7. The summed E-state index contributed by atoms with van der Waals surface area (Å²) in [6.07, 6.45) is 5.57. The summed E-state index contributed by atoms with van der Waals surface area (Å²) in [5.41, 5.74) is 0. The van der Waals surface area contributed by atoms with Crippen molar-refractivity contribution in [2.45, 2.75) is 44.9 Å². The van der Waals surface area contributed by atoms with Crippen molar-refractivity contribution in [1.82, 2.24) is 0 Å². The fraction of sp³-hybridized carbons (Fsp3) is 1.00. The van der Waals surface area contributed by atoms with E-state index in [1.54, 1.807) is 0 Å². The maximum atomic E-state index is 3.07. The summed E-state index contributed by atoms with van der Waals surface area (Å²) < 4.78 is 0. The Balaban J connectivity index is 2.88. The molecule has 0 fully saturated rings. The quantitative estimate of drug-likeness (QED) is 0.464. The number of hydrogen-bond donors (Lipinski definition) is 0. The van der Waals surface area contributed by atoms with Gasteiger partial charge in [-0.15, -0.1) is 0 Å². The molecule has 0 aromatic rings. The van der Waals surface area contributed by atoms with Crippen LogP contribution in [0.15, 0.2) is 0 Å². The van der Waals surface area contributed by atoms with Crippen LogP contribution in [-0.4, -0.2) is 16.0 Å². The van der Waals surface area contributed by atoms with Crippen LogP contribution in [0.3, 0.4) is 0 Å². The molecule has 1 atom stereocenters. The van der Waals surface area contributed by atoms with Gasteiger partial charge in [-0.3, -0.25) is 0 Å². The molecule has 0 heterocycles. The van der Waals surface area contributed by atoms with E-state index in [-0.39, 0.29) is 0 Å². The molecule has 0 spiro atoms. The Kier molecular flexibility index (Phi) is 7.02. The van der Waals surface area contributed by atoms with Gasteiger partial charge >= 0.3 is 66.8 Å². The van der Waals surface area contributed by atoms with Crippen LogP contribution in [0.25, 0.3) is 0 Å². The van der Waals surface area contributed by atoms with E-state index in [4.69, 9.17) is 0 Å². The second-order valence-electron chi connectivity index (χ2n) is 2.77. The summed E-state index contributed by atoms with van der Waals surface area (Å²) in [6.45, 7) is 4.56. The first-order valence-electron chi connectivity index (χ1n) is 3.89. The van der Waals surface area contributed by atoms with Gasteiger partial charge in [0.2, 0.25) is 0 Å². The zero-order chi connectivity index (χ0) is 7.11. The molecule has 0 rings (SSSR count). The molecule has 0 bridgehead atoms. The molecule has 0 aromatic heterocycles. The van der Waals surface area contributed by atoms with Gasteiger partial charge in [0.05, 0.1) is 0 Å². The van der Waals surface area contributed by atoms with Gasteiger partial charge in [0.15, 0.2) is 0 Å². The zero-order valence-electron chi connectivity index (χ0n) is 6.52. The average molecular weight is 192 g/mol. The minimum absolute atomic E-state index is 0.900. The van der Waals surface area contributed by atoms with Gasteiger partial charge < -0.3 is 0 Å². The van der Waals surface area contributed by atoms with Crippen molar-refractivity contribution in [1.29, 1.82) is 0 Å². The van der Waals surface area contributed by atoms with Crippen LogP contribution in [0, 0.1) is 5.92 Å².